The molecule has 0 aliphatic rings. The molecule has 6 heteroatoms. The Kier molecular flexibility index (Phi) is 4.17. The van der Waals surface area contributed by atoms with Gasteiger partial charge in [0.15, 0.2) is 5.82 Å². The molecule has 0 aliphatic heterocycles. The van der Waals surface area contributed by atoms with Crippen LogP contribution >= 0.6 is 31.9 Å². The van der Waals surface area contributed by atoms with Gasteiger partial charge in [-0.1, -0.05) is 15.9 Å². The van der Waals surface area contributed by atoms with Crippen molar-refractivity contribution in [1.82, 2.24) is 10.2 Å². The number of rotatable bonds is 2. The molecule has 0 radical (unpaired) electrons. The summed E-state index contributed by atoms with van der Waals surface area (Å²) < 4.78 is 1.85. The highest BCUT2D eigenvalue weighted by molar-refractivity contribution is 9.11. The van der Waals surface area contributed by atoms with Crippen molar-refractivity contribution in [2.24, 2.45) is 0 Å². The summed E-state index contributed by atoms with van der Waals surface area (Å²) in [5, 5.41) is 20.5. The van der Waals surface area contributed by atoms with Crippen molar-refractivity contribution in [2.75, 3.05) is 5.32 Å². The van der Waals surface area contributed by atoms with Gasteiger partial charge in [-0.2, -0.15) is 10.4 Å². The molecule has 1 heterocycles. The zero-order chi connectivity index (χ0) is 14.0. The van der Waals surface area contributed by atoms with E-state index in [0.717, 1.165) is 25.9 Å². The normalized spacial score (nSPS) is 10.1. The quantitative estimate of drug-likeness (QED) is 0.845. The highest BCUT2D eigenvalue weighted by Crippen LogP contribution is 2.29. The van der Waals surface area contributed by atoms with Gasteiger partial charge in [0, 0.05) is 8.95 Å². The van der Waals surface area contributed by atoms with E-state index in [2.05, 4.69) is 53.4 Å². The Balaban J connectivity index is 2.44. The van der Waals surface area contributed by atoms with Crippen molar-refractivity contribution in [2.45, 2.75) is 13.8 Å². The number of hydrogen-bond donors (Lipinski definition) is 1. The molecular weight excluding hydrogens is 372 g/mol. The van der Waals surface area contributed by atoms with E-state index in [0.29, 0.717) is 11.4 Å². The van der Waals surface area contributed by atoms with Crippen LogP contribution in [0.15, 0.2) is 27.1 Å². The van der Waals surface area contributed by atoms with Crippen LogP contribution < -0.4 is 5.32 Å². The molecule has 0 amide bonds. The lowest BCUT2D eigenvalue weighted by Crippen LogP contribution is -2.03. The monoisotopic (exact) mass is 380 g/mol. The Labute approximate surface area is 128 Å². The van der Waals surface area contributed by atoms with Gasteiger partial charge in [0.1, 0.15) is 11.6 Å². The van der Waals surface area contributed by atoms with Crippen LogP contribution in [-0.4, -0.2) is 10.2 Å². The third kappa shape index (κ3) is 2.94. The Morgan fingerprint density at radius 3 is 2.58 bits per heavy atom. The van der Waals surface area contributed by atoms with E-state index < -0.39 is 0 Å². The summed E-state index contributed by atoms with van der Waals surface area (Å²) in [4.78, 5) is 0. The Hall–Kier alpha value is -1.45. The molecule has 0 aliphatic carbocycles. The molecule has 0 atom stereocenters. The van der Waals surface area contributed by atoms with E-state index in [4.69, 9.17) is 0 Å². The van der Waals surface area contributed by atoms with Crippen LogP contribution in [-0.2, 0) is 0 Å². The number of benzene rings is 1. The fraction of sp³-hybridized carbons (Fsp3) is 0.154. The highest BCUT2D eigenvalue weighted by Gasteiger charge is 2.12. The van der Waals surface area contributed by atoms with Gasteiger partial charge in [-0.05, 0) is 53.5 Å². The Morgan fingerprint density at radius 2 is 1.95 bits per heavy atom. The second-order valence-corrected chi connectivity index (χ2v) is 5.77. The molecule has 1 aromatic carbocycles. The molecule has 2 rings (SSSR count). The molecule has 19 heavy (non-hydrogen) atoms. The number of halogens is 2. The van der Waals surface area contributed by atoms with Crippen LogP contribution in [0.5, 0.6) is 0 Å². The SMILES string of the molecule is Cc1nnc(Nc2ccc(Br)cc2Br)c(C#N)c1C. The second kappa shape index (κ2) is 5.68. The largest absolute Gasteiger partial charge is 0.337 e. The molecule has 1 N–H and O–H groups in total. The number of aromatic nitrogens is 2. The predicted octanol–water partition coefficient (Wildman–Crippen LogP) is 4.23. The van der Waals surface area contributed by atoms with Crippen LogP contribution in [0.2, 0.25) is 0 Å². The minimum absolute atomic E-state index is 0.466. The third-order valence-electron chi connectivity index (χ3n) is 2.75. The summed E-state index contributed by atoms with van der Waals surface area (Å²) >= 11 is 6.85. The van der Waals surface area contributed by atoms with Crippen molar-refractivity contribution in [1.29, 1.82) is 5.26 Å². The lowest BCUT2D eigenvalue weighted by atomic mass is 10.1. The highest BCUT2D eigenvalue weighted by atomic mass is 79.9. The van der Waals surface area contributed by atoms with Gasteiger partial charge in [-0.25, -0.2) is 0 Å². The molecule has 0 saturated heterocycles. The zero-order valence-electron chi connectivity index (χ0n) is 10.3. The first-order valence-electron chi connectivity index (χ1n) is 5.49. The first-order valence-corrected chi connectivity index (χ1v) is 7.07. The summed E-state index contributed by atoms with van der Waals surface area (Å²) in [6.07, 6.45) is 0. The smallest absolute Gasteiger partial charge is 0.171 e. The lowest BCUT2D eigenvalue weighted by Gasteiger charge is -2.11. The maximum atomic E-state index is 9.24. The van der Waals surface area contributed by atoms with Crippen LogP contribution in [0, 0.1) is 25.2 Å². The minimum atomic E-state index is 0.466. The van der Waals surface area contributed by atoms with Gasteiger partial charge in [-0.3, -0.25) is 0 Å². The number of aryl methyl sites for hydroxylation is 1. The van der Waals surface area contributed by atoms with Crippen molar-refractivity contribution in [3.05, 3.63) is 44.0 Å². The average molecular weight is 382 g/mol. The van der Waals surface area contributed by atoms with E-state index in [9.17, 15) is 5.26 Å². The predicted molar refractivity (Wildman–Crippen MR) is 81.3 cm³/mol. The maximum Gasteiger partial charge on any atom is 0.171 e. The third-order valence-corrected chi connectivity index (χ3v) is 3.90. The van der Waals surface area contributed by atoms with Crippen molar-refractivity contribution < 1.29 is 0 Å². The van der Waals surface area contributed by atoms with Gasteiger partial charge in [-0.15, -0.1) is 5.10 Å². The summed E-state index contributed by atoms with van der Waals surface area (Å²) in [6, 6.07) is 7.89. The van der Waals surface area contributed by atoms with E-state index in [1.54, 1.807) is 0 Å². The minimum Gasteiger partial charge on any atom is -0.337 e. The van der Waals surface area contributed by atoms with Crippen LogP contribution in [0.1, 0.15) is 16.8 Å². The molecule has 4 nitrogen and oxygen atoms in total. The van der Waals surface area contributed by atoms with Gasteiger partial charge in [0.2, 0.25) is 0 Å². The summed E-state index contributed by atoms with van der Waals surface area (Å²) in [5.41, 5.74) is 2.95. The molecule has 0 spiro atoms. The van der Waals surface area contributed by atoms with E-state index in [1.165, 1.54) is 0 Å². The number of anilines is 2. The first-order chi connectivity index (χ1) is 9.02. The fourth-order valence-corrected chi connectivity index (χ4v) is 2.70. The lowest BCUT2D eigenvalue weighted by molar-refractivity contribution is 0.960. The Morgan fingerprint density at radius 1 is 1.21 bits per heavy atom. The summed E-state index contributed by atoms with van der Waals surface area (Å²) in [7, 11) is 0. The summed E-state index contributed by atoms with van der Waals surface area (Å²) in [5.74, 6) is 0.466. The van der Waals surface area contributed by atoms with Crippen LogP contribution in [0.25, 0.3) is 0 Å². The number of nitrogens with zero attached hydrogens (tertiary/aromatic N) is 3. The molecule has 2 aromatic rings. The number of nitrogens with one attached hydrogen (secondary N) is 1. The van der Waals surface area contributed by atoms with Crippen molar-refractivity contribution >= 4 is 43.4 Å². The van der Waals surface area contributed by atoms with Crippen molar-refractivity contribution in [3.63, 3.8) is 0 Å². The molecule has 0 bridgehead atoms. The van der Waals surface area contributed by atoms with Crippen LogP contribution in [0.3, 0.4) is 0 Å². The molecule has 0 unspecified atom stereocenters. The first kappa shape index (κ1) is 14.0. The van der Waals surface area contributed by atoms with E-state index >= 15 is 0 Å². The maximum absolute atomic E-state index is 9.24. The summed E-state index contributed by atoms with van der Waals surface area (Å²) in [6.45, 7) is 3.70. The zero-order valence-corrected chi connectivity index (χ0v) is 13.5. The van der Waals surface area contributed by atoms with Gasteiger partial charge < -0.3 is 5.32 Å². The van der Waals surface area contributed by atoms with E-state index in [-0.39, 0.29) is 0 Å². The van der Waals surface area contributed by atoms with Crippen molar-refractivity contribution in [3.8, 4) is 6.07 Å². The topological polar surface area (TPSA) is 61.6 Å². The van der Waals surface area contributed by atoms with Gasteiger partial charge >= 0.3 is 0 Å². The number of hydrogen-bond acceptors (Lipinski definition) is 4. The standard InChI is InChI=1S/C13H10Br2N4/c1-7-8(2)18-19-13(10(7)6-16)17-12-4-3-9(14)5-11(12)15/h3-5H,1-2H3,(H,17,19). The molecular formula is C13H10Br2N4. The average Bonchev–Trinajstić information content (AvgIpc) is 2.37. The second-order valence-electron chi connectivity index (χ2n) is 3.99. The van der Waals surface area contributed by atoms with Gasteiger partial charge in [0.25, 0.3) is 0 Å². The molecule has 0 saturated carbocycles. The van der Waals surface area contributed by atoms with Gasteiger partial charge in [0.05, 0.1) is 11.4 Å². The van der Waals surface area contributed by atoms with Crippen LogP contribution in [0.4, 0.5) is 11.5 Å². The number of nitriles is 1. The van der Waals surface area contributed by atoms with E-state index in [1.807, 2.05) is 32.0 Å². The molecule has 0 fully saturated rings. The molecule has 1 aromatic heterocycles. The molecule has 96 valence electrons. The fourth-order valence-electron chi connectivity index (χ4n) is 1.55. The Bertz CT molecular complexity index is 677.